The molecule has 0 aromatic carbocycles. The van der Waals surface area contributed by atoms with Crippen LogP contribution in [0.25, 0.3) is 0 Å². The molecule has 0 saturated heterocycles. The average molecular weight is 258 g/mol. The second-order valence-corrected chi connectivity index (χ2v) is 5.34. The summed E-state index contributed by atoms with van der Waals surface area (Å²) in [4.78, 5) is 5.36. The van der Waals surface area contributed by atoms with Crippen LogP contribution < -0.4 is 11.1 Å². The van der Waals surface area contributed by atoms with Gasteiger partial charge >= 0.3 is 0 Å². The molecule has 5 heteroatoms. The Morgan fingerprint density at radius 3 is 2.94 bits per heavy atom. The van der Waals surface area contributed by atoms with E-state index >= 15 is 0 Å². The van der Waals surface area contributed by atoms with Gasteiger partial charge in [-0.05, 0) is 25.5 Å². The molecule has 0 saturated carbocycles. The van der Waals surface area contributed by atoms with Crippen LogP contribution in [0.2, 0.25) is 4.34 Å². The van der Waals surface area contributed by atoms with Crippen LogP contribution in [0.5, 0.6) is 0 Å². The standard InChI is InChI=1S/C11H16ClN3S/c1-8(2)7-15-11(13)14-6-5-9-3-4-10(12)16-9/h3-4H,1,5-7H2,2H3,(H3,13,14,15). The predicted octanol–water partition coefficient (Wildman–Crippen LogP) is 2.42. The molecule has 0 atom stereocenters. The van der Waals surface area contributed by atoms with Crippen molar-refractivity contribution in [2.75, 3.05) is 13.1 Å². The van der Waals surface area contributed by atoms with Crippen molar-refractivity contribution in [3.63, 3.8) is 0 Å². The van der Waals surface area contributed by atoms with Crippen LogP contribution in [-0.2, 0) is 6.42 Å². The largest absolute Gasteiger partial charge is 0.370 e. The Morgan fingerprint density at radius 1 is 1.62 bits per heavy atom. The zero-order chi connectivity index (χ0) is 12.0. The first-order valence-electron chi connectivity index (χ1n) is 5.00. The minimum atomic E-state index is 0.464. The number of nitrogens with zero attached hydrogens (tertiary/aromatic N) is 1. The molecule has 0 bridgehead atoms. The maximum absolute atomic E-state index is 5.83. The Kier molecular flexibility index (Phi) is 5.35. The minimum absolute atomic E-state index is 0.464. The summed E-state index contributed by atoms with van der Waals surface area (Å²) in [5.74, 6) is 0.464. The lowest BCUT2D eigenvalue weighted by atomic mass is 10.3. The molecule has 3 nitrogen and oxygen atoms in total. The third kappa shape index (κ3) is 5.19. The Bertz CT molecular complexity index is 384. The molecule has 0 aliphatic heterocycles. The predicted molar refractivity (Wildman–Crippen MR) is 72.3 cm³/mol. The van der Waals surface area contributed by atoms with Crippen molar-refractivity contribution in [2.45, 2.75) is 13.3 Å². The fourth-order valence-corrected chi connectivity index (χ4v) is 2.16. The molecule has 0 aliphatic rings. The van der Waals surface area contributed by atoms with E-state index in [9.17, 15) is 0 Å². The van der Waals surface area contributed by atoms with E-state index in [0.717, 1.165) is 22.9 Å². The molecule has 1 aromatic heterocycles. The number of aliphatic imine (C=N–C) groups is 1. The highest BCUT2D eigenvalue weighted by atomic mass is 35.5. The van der Waals surface area contributed by atoms with E-state index in [0.29, 0.717) is 12.5 Å². The zero-order valence-corrected chi connectivity index (χ0v) is 10.9. The van der Waals surface area contributed by atoms with Crippen molar-refractivity contribution in [2.24, 2.45) is 10.7 Å². The van der Waals surface area contributed by atoms with E-state index in [4.69, 9.17) is 17.3 Å². The summed E-state index contributed by atoms with van der Waals surface area (Å²) in [6.45, 7) is 7.01. The van der Waals surface area contributed by atoms with Gasteiger partial charge in [-0.25, -0.2) is 4.99 Å². The average Bonchev–Trinajstić information content (AvgIpc) is 2.61. The quantitative estimate of drug-likeness (QED) is 0.484. The van der Waals surface area contributed by atoms with Gasteiger partial charge in [0.25, 0.3) is 0 Å². The lowest BCUT2D eigenvalue weighted by Crippen LogP contribution is -2.33. The number of nitrogens with two attached hydrogens (primary N) is 1. The summed E-state index contributed by atoms with van der Waals surface area (Å²) >= 11 is 7.41. The van der Waals surface area contributed by atoms with Gasteiger partial charge in [0.1, 0.15) is 0 Å². The van der Waals surface area contributed by atoms with E-state index in [1.807, 2.05) is 19.1 Å². The molecule has 1 aromatic rings. The highest BCUT2D eigenvalue weighted by Crippen LogP contribution is 2.21. The minimum Gasteiger partial charge on any atom is -0.370 e. The van der Waals surface area contributed by atoms with E-state index < -0.39 is 0 Å². The summed E-state index contributed by atoms with van der Waals surface area (Å²) < 4.78 is 0.818. The molecular formula is C11H16ClN3S. The summed E-state index contributed by atoms with van der Waals surface area (Å²) in [7, 11) is 0. The SMILES string of the molecule is C=C(C)CN=C(N)NCCc1ccc(Cl)s1. The van der Waals surface area contributed by atoms with Gasteiger partial charge in [0, 0.05) is 11.4 Å². The fraction of sp³-hybridized carbons (Fsp3) is 0.364. The van der Waals surface area contributed by atoms with Gasteiger partial charge < -0.3 is 11.1 Å². The number of hydrogen-bond acceptors (Lipinski definition) is 2. The third-order valence-corrected chi connectivity index (χ3v) is 3.12. The Balaban J connectivity index is 2.25. The Labute approximate surface area is 105 Å². The van der Waals surface area contributed by atoms with Crippen molar-refractivity contribution in [3.8, 4) is 0 Å². The Hall–Kier alpha value is -1.000. The van der Waals surface area contributed by atoms with Crippen LogP contribution in [0.4, 0.5) is 0 Å². The van der Waals surface area contributed by atoms with Crippen LogP contribution in [0.1, 0.15) is 11.8 Å². The first-order valence-corrected chi connectivity index (χ1v) is 6.20. The van der Waals surface area contributed by atoms with Gasteiger partial charge in [0.05, 0.1) is 10.9 Å². The number of thiophene rings is 1. The van der Waals surface area contributed by atoms with Crippen molar-refractivity contribution in [3.05, 3.63) is 33.5 Å². The number of nitrogens with one attached hydrogen (secondary N) is 1. The number of hydrogen-bond donors (Lipinski definition) is 2. The van der Waals surface area contributed by atoms with Crippen molar-refractivity contribution < 1.29 is 0 Å². The number of rotatable bonds is 5. The molecule has 16 heavy (non-hydrogen) atoms. The summed E-state index contributed by atoms with van der Waals surface area (Å²) in [5, 5.41) is 3.05. The van der Waals surface area contributed by atoms with Gasteiger partial charge in [-0.1, -0.05) is 23.8 Å². The second kappa shape index (κ2) is 6.55. The van der Waals surface area contributed by atoms with Gasteiger partial charge in [-0.15, -0.1) is 11.3 Å². The van der Waals surface area contributed by atoms with Crippen LogP contribution >= 0.6 is 22.9 Å². The Morgan fingerprint density at radius 2 is 2.38 bits per heavy atom. The maximum Gasteiger partial charge on any atom is 0.188 e. The monoisotopic (exact) mass is 257 g/mol. The van der Waals surface area contributed by atoms with E-state index in [-0.39, 0.29) is 0 Å². The molecule has 0 unspecified atom stereocenters. The van der Waals surface area contributed by atoms with Gasteiger partial charge in [0.2, 0.25) is 0 Å². The molecule has 0 radical (unpaired) electrons. The van der Waals surface area contributed by atoms with Gasteiger partial charge in [0.15, 0.2) is 5.96 Å². The first kappa shape index (κ1) is 13.1. The van der Waals surface area contributed by atoms with Crippen molar-refractivity contribution in [1.29, 1.82) is 0 Å². The summed E-state index contributed by atoms with van der Waals surface area (Å²) in [6.07, 6.45) is 0.903. The van der Waals surface area contributed by atoms with E-state index in [1.165, 1.54) is 4.88 Å². The summed E-state index contributed by atoms with van der Waals surface area (Å²) in [5.41, 5.74) is 6.66. The number of halogens is 1. The van der Waals surface area contributed by atoms with Crippen LogP contribution in [0, 0.1) is 0 Å². The highest BCUT2D eigenvalue weighted by molar-refractivity contribution is 7.16. The molecule has 3 N–H and O–H groups in total. The third-order valence-electron chi connectivity index (χ3n) is 1.83. The first-order chi connectivity index (χ1) is 7.58. The number of guanidine groups is 1. The van der Waals surface area contributed by atoms with Gasteiger partial charge in [-0.3, -0.25) is 0 Å². The highest BCUT2D eigenvalue weighted by Gasteiger charge is 1.98. The normalized spacial score (nSPS) is 11.5. The van der Waals surface area contributed by atoms with Crippen LogP contribution in [0.15, 0.2) is 29.3 Å². The van der Waals surface area contributed by atoms with E-state index in [2.05, 4.69) is 16.9 Å². The zero-order valence-electron chi connectivity index (χ0n) is 9.29. The molecule has 1 heterocycles. The molecule has 0 amide bonds. The fourth-order valence-electron chi connectivity index (χ4n) is 1.08. The lowest BCUT2D eigenvalue weighted by Gasteiger charge is -2.04. The van der Waals surface area contributed by atoms with Crippen LogP contribution in [-0.4, -0.2) is 19.0 Å². The van der Waals surface area contributed by atoms with Crippen molar-refractivity contribution >= 4 is 28.9 Å². The maximum atomic E-state index is 5.83. The topological polar surface area (TPSA) is 50.4 Å². The van der Waals surface area contributed by atoms with Crippen LogP contribution in [0.3, 0.4) is 0 Å². The molecule has 0 aliphatic carbocycles. The second-order valence-electron chi connectivity index (χ2n) is 3.54. The molecular weight excluding hydrogens is 242 g/mol. The molecule has 88 valence electrons. The smallest absolute Gasteiger partial charge is 0.188 e. The summed E-state index contributed by atoms with van der Waals surface area (Å²) in [6, 6.07) is 3.93. The van der Waals surface area contributed by atoms with Gasteiger partial charge in [-0.2, -0.15) is 0 Å². The molecule has 0 fully saturated rings. The molecule has 0 spiro atoms. The lowest BCUT2D eigenvalue weighted by molar-refractivity contribution is 0.862. The van der Waals surface area contributed by atoms with E-state index in [1.54, 1.807) is 11.3 Å². The molecule has 1 rings (SSSR count). The van der Waals surface area contributed by atoms with Crippen molar-refractivity contribution in [1.82, 2.24) is 5.32 Å².